The highest BCUT2D eigenvalue weighted by Crippen LogP contribution is 2.35. The van der Waals surface area contributed by atoms with Crippen LogP contribution in [-0.4, -0.2) is 35.2 Å². The molecule has 0 radical (unpaired) electrons. The molecule has 3 aromatic rings. The Kier molecular flexibility index (Phi) is 8.07. The molecule has 0 aliphatic carbocycles. The van der Waals surface area contributed by atoms with Gasteiger partial charge in [0, 0.05) is 5.69 Å². The van der Waals surface area contributed by atoms with E-state index in [-0.39, 0.29) is 30.2 Å². The zero-order valence-electron chi connectivity index (χ0n) is 20.0. The molecular formula is C28H26N2O5S. The number of carbonyl (C=O) groups is 3. The zero-order valence-corrected chi connectivity index (χ0v) is 20.8. The average molecular weight is 503 g/mol. The van der Waals surface area contributed by atoms with Gasteiger partial charge in [-0.05, 0) is 72.6 Å². The first-order valence-corrected chi connectivity index (χ1v) is 12.3. The maximum Gasteiger partial charge on any atom is 0.293 e. The van der Waals surface area contributed by atoms with Crippen molar-refractivity contribution in [3.8, 4) is 11.5 Å². The Bertz CT molecular complexity index is 1310. The second kappa shape index (κ2) is 11.6. The van der Waals surface area contributed by atoms with E-state index in [1.54, 1.807) is 24.3 Å². The van der Waals surface area contributed by atoms with Crippen molar-refractivity contribution in [2.45, 2.75) is 20.4 Å². The van der Waals surface area contributed by atoms with Gasteiger partial charge < -0.3 is 14.8 Å². The van der Waals surface area contributed by atoms with E-state index in [0.717, 1.165) is 22.9 Å². The van der Waals surface area contributed by atoms with E-state index in [1.807, 2.05) is 68.4 Å². The number of ether oxygens (including phenoxy) is 2. The minimum atomic E-state index is -0.333. The number of carbonyl (C=O) groups excluding carboxylic acids is 3. The maximum absolute atomic E-state index is 12.9. The first kappa shape index (κ1) is 25.1. The van der Waals surface area contributed by atoms with Crippen molar-refractivity contribution in [2.75, 3.05) is 18.5 Å². The second-order valence-electron chi connectivity index (χ2n) is 8.10. The van der Waals surface area contributed by atoms with Crippen LogP contribution in [0.25, 0.3) is 6.08 Å². The summed E-state index contributed by atoms with van der Waals surface area (Å²) in [5.74, 6) is 0.225. The fourth-order valence-corrected chi connectivity index (χ4v) is 4.46. The molecule has 36 heavy (non-hydrogen) atoms. The Morgan fingerprint density at radius 2 is 1.78 bits per heavy atom. The molecule has 7 nitrogen and oxygen atoms in total. The highest BCUT2D eigenvalue weighted by molar-refractivity contribution is 8.18. The molecule has 1 fully saturated rings. The van der Waals surface area contributed by atoms with Gasteiger partial charge in [0.25, 0.3) is 17.1 Å². The SMILES string of the molecule is CCOc1cc(/C=C2/SC(=O)N(Cc3ccccc3)C2=O)ccc1OCC(=O)Nc1cccc(C)c1. The number of thioether (sulfide) groups is 1. The largest absolute Gasteiger partial charge is 0.490 e. The third-order valence-electron chi connectivity index (χ3n) is 5.28. The monoisotopic (exact) mass is 502 g/mol. The standard InChI is InChI=1S/C28H26N2O5S/c1-3-34-24-15-21(12-13-23(24)35-18-26(31)29-22-11-7-8-19(2)14-22)16-25-27(32)30(28(33)36-25)17-20-9-5-4-6-10-20/h4-16H,3,17-18H2,1-2H3,(H,29,31)/b25-16+. The summed E-state index contributed by atoms with van der Waals surface area (Å²) in [4.78, 5) is 39.2. The van der Waals surface area contributed by atoms with E-state index in [9.17, 15) is 14.4 Å². The molecule has 0 saturated carbocycles. The summed E-state index contributed by atoms with van der Waals surface area (Å²) in [6.45, 7) is 4.22. The molecule has 1 saturated heterocycles. The molecule has 1 aliphatic rings. The first-order valence-electron chi connectivity index (χ1n) is 11.5. The van der Waals surface area contributed by atoms with Crippen LogP contribution in [0.4, 0.5) is 10.5 Å². The minimum absolute atomic E-state index is 0.189. The van der Waals surface area contributed by atoms with Gasteiger partial charge in [0.2, 0.25) is 0 Å². The Morgan fingerprint density at radius 3 is 2.53 bits per heavy atom. The van der Waals surface area contributed by atoms with Crippen LogP contribution in [0.3, 0.4) is 0 Å². The number of rotatable bonds is 9. The van der Waals surface area contributed by atoms with Crippen molar-refractivity contribution in [3.63, 3.8) is 0 Å². The van der Waals surface area contributed by atoms with Gasteiger partial charge >= 0.3 is 0 Å². The molecule has 0 bridgehead atoms. The van der Waals surface area contributed by atoms with Crippen molar-refractivity contribution < 1.29 is 23.9 Å². The maximum atomic E-state index is 12.9. The Balaban J connectivity index is 1.44. The summed E-state index contributed by atoms with van der Waals surface area (Å²) < 4.78 is 11.4. The second-order valence-corrected chi connectivity index (χ2v) is 9.09. The van der Waals surface area contributed by atoms with E-state index in [0.29, 0.717) is 34.3 Å². The van der Waals surface area contributed by atoms with Gasteiger partial charge in [0.15, 0.2) is 18.1 Å². The van der Waals surface area contributed by atoms with Gasteiger partial charge in [-0.25, -0.2) is 0 Å². The van der Waals surface area contributed by atoms with Crippen molar-refractivity contribution in [1.29, 1.82) is 0 Å². The first-order chi connectivity index (χ1) is 17.4. The molecule has 8 heteroatoms. The number of benzene rings is 3. The number of nitrogens with one attached hydrogen (secondary N) is 1. The molecule has 1 heterocycles. The lowest BCUT2D eigenvalue weighted by Gasteiger charge is -2.13. The highest BCUT2D eigenvalue weighted by atomic mass is 32.2. The zero-order chi connectivity index (χ0) is 25.5. The molecule has 3 amide bonds. The van der Waals surface area contributed by atoms with Gasteiger partial charge in [0.1, 0.15) is 0 Å². The van der Waals surface area contributed by atoms with Gasteiger partial charge in [-0.2, -0.15) is 0 Å². The predicted octanol–water partition coefficient (Wildman–Crippen LogP) is 5.65. The summed E-state index contributed by atoms with van der Waals surface area (Å²) in [5.41, 5.74) is 3.30. The lowest BCUT2D eigenvalue weighted by atomic mass is 10.1. The number of aryl methyl sites for hydroxylation is 1. The van der Waals surface area contributed by atoms with Gasteiger partial charge in [-0.15, -0.1) is 0 Å². The third kappa shape index (κ3) is 6.34. The molecule has 4 rings (SSSR count). The number of nitrogens with zero attached hydrogens (tertiary/aromatic N) is 1. The molecule has 0 unspecified atom stereocenters. The van der Waals surface area contributed by atoms with Crippen LogP contribution in [0.5, 0.6) is 11.5 Å². The van der Waals surface area contributed by atoms with Gasteiger partial charge in [-0.3, -0.25) is 19.3 Å². The van der Waals surface area contributed by atoms with Crippen LogP contribution < -0.4 is 14.8 Å². The lowest BCUT2D eigenvalue weighted by molar-refractivity contribution is -0.123. The quantitative estimate of drug-likeness (QED) is 0.381. The van der Waals surface area contributed by atoms with Crippen molar-refractivity contribution in [3.05, 3.63) is 94.4 Å². The summed E-state index contributed by atoms with van der Waals surface area (Å²) in [6, 6.07) is 22.0. The van der Waals surface area contributed by atoms with E-state index in [4.69, 9.17) is 9.47 Å². The fraction of sp³-hybridized carbons (Fsp3) is 0.179. The van der Waals surface area contributed by atoms with Crippen molar-refractivity contribution in [2.24, 2.45) is 0 Å². The molecular weight excluding hydrogens is 476 g/mol. The van der Waals surface area contributed by atoms with Crippen LogP contribution in [0, 0.1) is 6.92 Å². The summed E-state index contributed by atoms with van der Waals surface area (Å²) in [7, 11) is 0. The summed E-state index contributed by atoms with van der Waals surface area (Å²) >= 11 is 0.909. The molecule has 0 aromatic heterocycles. The van der Waals surface area contributed by atoms with Crippen LogP contribution in [0.2, 0.25) is 0 Å². The van der Waals surface area contributed by atoms with Gasteiger partial charge in [0.05, 0.1) is 18.1 Å². The summed E-state index contributed by atoms with van der Waals surface area (Å²) in [5, 5.41) is 2.50. The van der Waals surface area contributed by atoms with Crippen LogP contribution >= 0.6 is 11.8 Å². The van der Waals surface area contributed by atoms with E-state index < -0.39 is 0 Å². The normalized spacial score (nSPS) is 14.3. The minimum Gasteiger partial charge on any atom is -0.490 e. The molecule has 0 atom stereocenters. The number of imide groups is 1. The topological polar surface area (TPSA) is 84.9 Å². The van der Waals surface area contributed by atoms with Crippen LogP contribution in [-0.2, 0) is 16.1 Å². The third-order valence-corrected chi connectivity index (χ3v) is 6.19. The average Bonchev–Trinajstić information content (AvgIpc) is 3.11. The number of hydrogen-bond acceptors (Lipinski definition) is 6. The van der Waals surface area contributed by atoms with Crippen LogP contribution in [0.15, 0.2) is 77.7 Å². The fourth-order valence-electron chi connectivity index (χ4n) is 3.62. The Hall–Kier alpha value is -4.04. The van der Waals surface area contributed by atoms with Crippen molar-refractivity contribution >= 4 is 40.6 Å². The number of hydrogen-bond donors (Lipinski definition) is 1. The van der Waals surface area contributed by atoms with Crippen LogP contribution in [0.1, 0.15) is 23.6 Å². The number of amides is 3. The smallest absolute Gasteiger partial charge is 0.293 e. The molecule has 1 aliphatic heterocycles. The summed E-state index contributed by atoms with van der Waals surface area (Å²) in [6.07, 6.45) is 1.66. The lowest BCUT2D eigenvalue weighted by Crippen LogP contribution is -2.27. The van der Waals surface area contributed by atoms with E-state index in [2.05, 4.69) is 5.32 Å². The Labute approximate surface area is 214 Å². The Morgan fingerprint density at radius 1 is 0.972 bits per heavy atom. The predicted molar refractivity (Wildman–Crippen MR) is 141 cm³/mol. The molecule has 3 aromatic carbocycles. The number of anilines is 1. The van der Waals surface area contributed by atoms with Crippen molar-refractivity contribution in [1.82, 2.24) is 4.90 Å². The van der Waals surface area contributed by atoms with E-state index in [1.165, 1.54) is 4.90 Å². The molecule has 0 spiro atoms. The highest BCUT2D eigenvalue weighted by Gasteiger charge is 2.35. The van der Waals surface area contributed by atoms with E-state index >= 15 is 0 Å². The van der Waals surface area contributed by atoms with Gasteiger partial charge in [-0.1, -0.05) is 48.5 Å². The molecule has 184 valence electrons. The molecule has 1 N–H and O–H groups in total.